The summed E-state index contributed by atoms with van der Waals surface area (Å²) >= 11 is 0. The minimum absolute atomic E-state index is 0.0773. The second-order valence-electron chi connectivity index (χ2n) is 6.58. The van der Waals surface area contributed by atoms with Crippen LogP contribution < -0.4 is 11.1 Å². The van der Waals surface area contributed by atoms with Gasteiger partial charge in [0.15, 0.2) is 5.82 Å². The first-order chi connectivity index (χ1) is 12.7. The van der Waals surface area contributed by atoms with Crippen LogP contribution in [0.4, 0.5) is 0 Å². The maximum Gasteiger partial charge on any atom is 0.257 e. The molecule has 0 bridgehead atoms. The number of benzene rings is 1. The lowest BCUT2D eigenvalue weighted by Crippen LogP contribution is -2.47. The van der Waals surface area contributed by atoms with Crippen molar-refractivity contribution in [2.75, 3.05) is 19.8 Å². The number of aryl methyl sites for hydroxylation is 1. The third-order valence-corrected chi connectivity index (χ3v) is 4.77. The average Bonchev–Trinajstić information content (AvgIpc) is 3.18. The van der Waals surface area contributed by atoms with Crippen molar-refractivity contribution in [1.29, 1.82) is 0 Å². The van der Waals surface area contributed by atoms with E-state index in [0.717, 1.165) is 36.8 Å². The lowest BCUT2D eigenvalue weighted by atomic mass is 9.92. The zero-order chi connectivity index (χ0) is 18.4. The Kier molecular flexibility index (Phi) is 6.35. The maximum atomic E-state index is 12.2. The lowest BCUT2D eigenvalue weighted by molar-refractivity contribution is -0.124. The van der Waals surface area contributed by atoms with Crippen molar-refractivity contribution in [3.8, 4) is 11.5 Å². The predicted molar refractivity (Wildman–Crippen MR) is 97.3 cm³/mol. The molecule has 1 aliphatic rings. The van der Waals surface area contributed by atoms with E-state index in [1.165, 1.54) is 0 Å². The van der Waals surface area contributed by atoms with E-state index in [-0.39, 0.29) is 11.8 Å². The number of carbonyl (C=O) groups excluding carboxylic acids is 1. The number of rotatable bonds is 7. The van der Waals surface area contributed by atoms with Crippen LogP contribution in [0, 0.1) is 5.92 Å². The van der Waals surface area contributed by atoms with Crippen LogP contribution in [-0.2, 0) is 22.4 Å². The Morgan fingerprint density at radius 3 is 2.69 bits per heavy atom. The first-order valence-corrected chi connectivity index (χ1v) is 9.20. The van der Waals surface area contributed by atoms with Crippen LogP contribution in [0.2, 0.25) is 0 Å². The topological polar surface area (TPSA) is 103 Å². The Labute approximate surface area is 153 Å². The monoisotopic (exact) mass is 358 g/mol. The number of hydrogen-bond donors (Lipinski definition) is 2. The number of aromatic nitrogens is 2. The Hall–Kier alpha value is -2.25. The van der Waals surface area contributed by atoms with Gasteiger partial charge in [-0.05, 0) is 42.9 Å². The molecule has 1 fully saturated rings. The van der Waals surface area contributed by atoms with Crippen LogP contribution in [-0.4, -0.2) is 41.8 Å². The number of carbonyl (C=O) groups is 1. The van der Waals surface area contributed by atoms with Gasteiger partial charge in [0.05, 0.1) is 6.04 Å². The molecule has 0 saturated carbocycles. The number of hydrogen-bond acceptors (Lipinski definition) is 6. The highest BCUT2D eigenvalue weighted by molar-refractivity contribution is 5.81. The van der Waals surface area contributed by atoms with Crippen LogP contribution in [0.25, 0.3) is 11.5 Å². The summed E-state index contributed by atoms with van der Waals surface area (Å²) in [5.41, 5.74) is 8.10. The molecule has 1 aromatic heterocycles. The van der Waals surface area contributed by atoms with Crippen molar-refractivity contribution in [3.63, 3.8) is 0 Å². The van der Waals surface area contributed by atoms with Gasteiger partial charge in [-0.3, -0.25) is 4.79 Å². The molecule has 1 unspecified atom stereocenters. The molecule has 3 N–H and O–H groups in total. The van der Waals surface area contributed by atoms with Gasteiger partial charge in [0.2, 0.25) is 5.91 Å². The predicted octanol–water partition coefficient (Wildman–Crippen LogP) is 1.71. The van der Waals surface area contributed by atoms with Crippen LogP contribution in [0.15, 0.2) is 28.8 Å². The molecule has 0 spiro atoms. The molecule has 7 nitrogen and oxygen atoms in total. The van der Waals surface area contributed by atoms with Crippen LogP contribution >= 0.6 is 0 Å². The van der Waals surface area contributed by atoms with E-state index >= 15 is 0 Å². The van der Waals surface area contributed by atoms with Crippen molar-refractivity contribution < 1.29 is 14.1 Å². The molecule has 1 aromatic carbocycles. The van der Waals surface area contributed by atoms with Gasteiger partial charge in [0, 0.05) is 31.7 Å². The molecule has 3 rings (SSSR count). The molecule has 1 aliphatic heterocycles. The molecule has 26 heavy (non-hydrogen) atoms. The maximum absolute atomic E-state index is 12.2. The van der Waals surface area contributed by atoms with Crippen molar-refractivity contribution in [3.05, 3.63) is 35.7 Å². The van der Waals surface area contributed by atoms with Gasteiger partial charge < -0.3 is 20.3 Å². The lowest BCUT2D eigenvalue weighted by Gasteiger charge is -2.26. The van der Waals surface area contributed by atoms with Crippen LogP contribution in [0.3, 0.4) is 0 Å². The number of amides is 1. The molecule has 7 heteroatoms. The normalized spacial score (nSPS) is 16.4. The molecule has 1 amide bonds. The Morgan fingerprint density at radius 1 is 1.31 bits per heavy atom. The third-order valence-electron chi connectivity index (χ3n) is 4.77. The van der Waals surface area contributed by atoms with Crippen molar-refractivity contribution in [1.82, 2.24) is 15.5 Å². The van der Waals surface area contributed by atoms with Crippen molar-refractivity contribution in [2.24, 2.45) is 11.7 Å². The fourth-order valence-corrected chi connectivity index (χ4v) is 3.07. The molecule has 1 saturated heterocycles. The molecule has 0 radical (unpaired) electrons. The van der Waals surface area contributed by atoms with Gasteiger partial charge in [-0.1, -0.05) is 24.2 Å². The van der Waals surface area contributed by atoms with E-state index in [4.69, 9.17) is 15.0 Å². The molecular formula is C19H26N4O3. The zero-order valence-corrected chi connectivity index (χ0v) is 15.1. The van der Waals surface area contributed by atoms with Gasteiger partial charge in [0.25, 0.3) is 5.89 Å². The molecule has 0 aliphatic carbocycles. The smallest absolute Gasteiger partial charge is 0.257 e. The number of nitrogens with two attached hydrogens (primary N) is 1. The first kappa shape index (κ1) is 18.5. The number of nitrogens with zero attached hydrogens (tertiary/aromatic N) is 2. The Balaban J connectivity index is 1.46. The highest BCUT2D eigenvalue weighted by atomic mass is 16.5. The summed E-state index contributed by atoms with van der Waals surface area (Å²) < 4.78 is 10.6. The first-order valence-electron chi connectivity index (χ1n) is 9.20. The van der Waals surface area contributed by atoms with E-state index in [1.807, 2.05) is 31.2 Å². The van der Waals surface area contributed by atoms with Gasteiger partial charge in [-0.2, -0.15) is 4.98 Å². The summed E-state index contributed by atoms with van der Waals surface area (Å²) in [6, 6.07) is 7.48. The Bertz CT molecular complexity index is 708. The summed E-state index contributed by atoms with van der Waals surface area (Å²) in [5.74, 6) is 1.37. The summed E-state index contributed by atoms with van der Waals surface area (Å²) in [5, 5.41) is 6.84. The van der Waals surface area contributed by atoms with E-state index < -0.39 is 6.04 Å². The highest BCUT2D eigenvalue weighted by Gasteiger charge is 2.26. The summed E-state index contributed by atoms with van der Waals surface area (Å²) in [7, 11) is 0. The van der Waals surface area contributed by atoms with Crippen molar-refractivity contribution in [2.45, 2.75) is 38.6 Å². The van der Waals surface area contributed by atoms with Gasteiger partial charge in [-0.25, -0.2) is 0 Å². The van der Waals surface area contributed by atoms with E-state index in [0.29, 0.717) is 31.5 Å². The van der Waals surface area contributed by atoms with Crippen LogP contribution in [0.5, 0.6) is 0 Å². The second-order valence-corrected chi connectivity index (χ2v) is 6.58. The summed E-state index contributed by atoms with van der Waals surface area (Å²) in [6.45, 7) is 3.94. The van der Waals surface area contributed by atoms with E-state index in [1.54, 1.807) is 0 Å². The molecule has 2 heterocycles. The fourth-order valence-electron chi connectivity index (χ4n) is 3.07. The third kappa shape index (κ3) is 4.68. The van der Waals surface area contributed by atoms with Crippen molar-refractivity contribution >= 4 is 5.91 Å². The molecule has 2 aromatic rings. The van der Waals surface area contributed by atoms with Gasteiger partial charge in [-0.15, -0.1) is 0 Å². The standard InChI is InChI=1S/C19H26N4O3/c1-2-16-22-19(26-23-16)15-5-3-13(4-6-15)7-10-21-18(24)17(20)14-8-11-25-12-9-14/h3-6,14,17H,2,7-12,20H2,1H3,(H,21,24). The SMILES string of the molecule is CCc1noc(-c2ccc(CCNC(=O)C(N)C3CCOCC3)cc2)n1. The largest absolute Gasteiger partial charge is 0.381 e. The van der Waals surface area contributed by atoms with Gasteiger partial charge in [0.1, 0.15) is 0 Å². The Morgan fingerprint density at radius 2 is 2.04 bits per heavy atom. The highest BCUT2D eigenvalue weighted by Crippen LogP contribution is 2.19. The minimum atomic E-state index is -0.452. The molecule has 140 valence electrons. The number of ether oxygens (including phenoxy) is 1. The quantitative estimate of drug-likeness (QED) is 0.781. The van der Waals surface area contributed by atoms with Crippen LogP contribution in [0.1, 0.15) is 31.2 Å². The van der Waals surface area contributed by atoms with Gasteiger partial charge >= 0.3 is 0 Å². The average molecular weight is 358 g/mol. The molecule has 1 atom stereocenters. The van der Waals surface area contributed by atoms with E-state index in [9.17, 15) is 4.79 Å². The second kappa shape index (κ2) is 8.91. The summed E-state index contributed by atoms with van der Waals surface area (Å²) in [6.07, 6.45) is 3.20. The minimum Gasteiger partial charge on any atom is -0.381 e. The fraction of sp³-hybridized carbons (Fsp3) is 0.526. The summed E-state index contributed by atoms with van der Waals surface area (Å²) in [4.78, 5) is 16.5. The number of nitrogens with one attached hydrogen (secondary N) is 1. The van der Waals surface area contributed by atoms with E-state index in [2.05, 4.69) is 15.5 Å². The molecular weight excluding hydrogens is 332 g/mol. The zero-order valence-electron chi connectivity index (χ0n) is 15.1.